The van der Waals surface area contributed by atoms with Gasteiger partial charge in [0.25, 0.3) is 0 Å². The van der Waals surface area contributed by atoms with Gasteiger partial charge < -0.3 is 5.32 Å². The Balaban J connectivity index is 1.72. The van der Waals surface area contributed by atoms with Gasteiger partial charge in [-0.15, -0.1) is 0 Å². The van der Waals surface area contributed by atoms with Gasteiger partial charge in [0.15, 0.2) is 0 Å². The highest BCUT2D eigenvalue weighted by Crippen LogP contribution is 2.48. The van der Waals surface area contributed by atoms with Crippen LogP contribution >= 0.6 is 11.8 Å². The average Bonchev–Trinajstić information content (AvgIpc) is 2.99. The second-order valence-electron chi connectivity index (χ2n) is 5.75. The van der Waals surface area contributed by atoms with Crippen molar-refractivity contribution in [2.75, 3.05) is 6.26 Å². The third-order valence-corrected chi connectivity index (χ3v) is 5.72. The van der Waals surface area contributed by atoms with Crippen LogP contribution in [0.2, 0.25) is 0 Å². The molecule has 0 aromatic rings. The highest BCUT2D eigenvalue weighted by atomic mass is 32.2. The largest absolute Gasteiger partial charge is 0.311 e. The van der Waals surface area contributed by atoms with Crippen LogP contribution in [0.25, 0.3) is 0 Å². The van der Waals surface area contributed by atoms with E-state index in [2.05, 4.69) is 37.2 Å². The minimum Gasteiger partial charge on any atom is -0.311 e. The van der Waals surface area contributed by atoms with Gasteiger partial charge in [0.2, 0.25) is 0 Å². The Labute approximate surface area is 98.8 Å². The molecule has 2 aliphatic rings. The monoisotopic (exact) mass is 227 g/mol. The van der Waals surface area contributed by atoms with Crippen LogP contribution in [-0.2, 0) is 0 Å². The summed E-state index contributed by atoms with van der Waals surface area (Å²) in [5.41, 5.74) is 0.635. The highest BCUT2D eigenvalue weighted by Gasteiger charge is 2.43. The first-order chi connectivity index (χ1) is 7.14. The van der Waals surface area contributed by atoms with Crippen molar-refractivity contribution < 1.29 is 0 Å². The molecule has 2 saturated carbocycles. The molecule has 2 heteroatoms. The molecule has 1 N–H and O–H groups in total. The van der Waals surface area contributed by atoms with Crippen molar-refractivity contribution in [2.24, 2.45) is 5.41 Å². The van der Waals surface area contributed by atoms with Crippen molar-refractivity contribution in [3.63, 3.8) is 0 Å². The van der Waals surface area contributed by atoms with Gasteiger partial charge in [0, 0.05) is 17.3 Å². The quantitative estimate of drug-likeness (QED) is 0.789. The Bertz CT molecular complexity index is 205. The van der Waals surface area contributed by atoms with Gasteiger partial charge >= 0.3 is 0 Å². The Morgan fingerprint density at radius 2 is 1.80 bits per heavy atom. The summed E-state index contributed by atoms with van der Waals surface area (Å²) < 4.78 is 0. The van der Waals surface area contributed by atoms with Crippen LogP contribution in [0.4, 0.5) is 0 Å². The molecule has 0 radical (unpaired) electrons. The minimum absolute atomic E-state index is 0.635. The number of hydrogen-bond donors (Lipinski definition) is 1. The molecule has 0 heterocycles. The number of nitrogens with one attached hydrogen (secondary N) is 1. The zero-order valence-electron chi connectivity index (χ0n) is 10.4. The fourth-order valence-corrected chi connectivity index (χ4v) is 3.39. The Kier molecular flexibility index (Phi) is 3.67. The van der Waals surface area contributed by atoms with Crippen molar-refractivity contribution >= 4 is 11.8 Å². The number of hydrogen-bond acceptors (Lipinski definition) is 2. The highest BCUT2D eigenvalue weighted by molar-refractivity contribution is 7.99. The van der Waals surface area contributed by atoms with Gasteiger partial charge in [0.05, 0.1) is 0 Å². The average molecular weight is 227 g/mol. The molecule has 0 bridgehead atoms. The Morgan fingerprint density at radius 1 is 1.20 bits per heavy atom. The molecule has 1 atom stereocenters. The van der Waals surface area contributed by atoms with Gasteiger partial charge in [-0.2, -0.15) is 11.8 Å². The normalized spacial score (nSPS) is 36.2. The molecule has 88 valence electrons. The summed E-state index contributed by atoms with van der Waals surface area (Å²) >= 11 is 2.06. The fourth-order valence-electron chi connectivity index (χ4n) is 2.65. The van der Waals surface area contributed by atoms with Crippen LogP contribution in [0, 0.1) is 5.41 Å². The Hall–Kier alpha value is 0.310. The van der Waals surface area contributed by atoms with Crippen molar-refractivity contribution in [1.29, 1.82) is 0 Å². The Morgan fingerprint density at radius 3 is 2.27 bits per heavy atom. The smallest absolute Gasteiger partial charge is 0.00951 e. The minimum atomic E-state index is 0.635. The van der Waals surface area contributed by atoms with Crippen LogP contribution in [0.5, 0.6) is 0 Å². The number of rotatable bonds is 4. The summed E-state index contributed by atoms with van der Waals surface area (Å²) in [7, 11) is 0. The standard InChI is InChI=1S/C13H25NS/c1-10(13(2)8-9-13)14-11-4-6-12(15-3)7-5-11/h10-12,14H,4-9H2,1-3H3. The zero-order chi connectivity index (χ0) is 10.9. The first-order valence-electron chi connectivity index (χ1n) is 6.43. The molecule has 1 unspecified atom stereocenters. The summed E-state index contributed by atoms with van der Waals surface area (Å²) in [6.45, 7) is 4.81. The molecule has 2 rings (SSSR count). The van der Waals surface area contributed by atoms with E-state index in [0.29, 0.717) is 5.41 Å². The van der Waals surface area contributed by atoms with E-state index < -0.39 is 0 Å². The summed E-state index contributed by atoms with van der Waals surface area (Å²) in [6, 6.07) is 1.54. The lowest BCUT2D eigenvalue weighted by atomic mass is 9.92. The van der Waals surface area contributed by atoms with Crippen molar-refractivity contribution in [1.82, 2.24) is 5.32 Å². The lowest BCUT2D eigenvalue weighted by Crippen LogP contribution is -2.43. The van der Waals surface area contributed by atoms with Gasteiger partial charge in [-0.25, -0.2) is 0 Å². The molecule has 0 aromatic heterocycles. The molecule has 2 aliphatic carbocycles. The third-order valence-electron chi connectivity index (χ3n) is 4.58. The summed E-state index contributed by atoms with van der Waals surface area (Å²) in [5.74, 6) is 0. The lowest BCUT2D eigenvalue weighted by molar-refractivity contribution is 0.292. The van der Waals surface area contributed by atoms with Crippen LogP contribution in [0.1, 0.15) is 52.4 Å². The van der Waals surface area contributed by atoms with Gasteiger partial charge in [-0.05, 0) is 57.1 Å². The van der Waals surface area contributed by atoms with Gasteiger partial charge in [-0.1, -0.05) is 6.92 Å². The van der Waals surface area contributed by atoms with E-state index in [4.69, 9.17) is 0 Å². The van der Waals surface area contributed by atoms with Crippen LogP contribution in [0.15, 0.2) is 0 Å². The summed E-state index contributed by atoms with van der Waals surface area (Å²) in [6.07, 6.45) is 10.7. The zero-order valence-corrected chi connectivity index (χ0v) is 11.2. The molecular formula is C13H25NS. The summed E-state index contributed by atoms with van der Waals surface area (Å²) in [5, 5.41) is 4.80. The van der Waals surface area contributed by atoms with Gasteiger partial charge in [-0.3, -0.25) is 0 Å². The fraction of sp³-hybridized carbons (Fsp3) is 1.00. The molecule has 0 spiro atoms. The maximum absolute atomic E-state index is 3.86. The topological polar surface area (TPSA) is 12.0 Å². The first kappa shape index (κ1) is 11.8. The molecule has 0 saturated heterocycles. The van der Waals surface area contributed by atoms with E-state index in [0.717, 1.165) is 17.3 Å². The van der Waals surface area contributed by atoms with Crippen molar-refractivity contribution in [2.45, 2.75) is 69.7 Å². The molecular weight excluding hydrogens is 202 g/mol. The summed E-state index contributed by atoms with van der Waals surface area (Å²) in [4.78, 5) is 0. The SMILES string of the molecule is CSC1CCC(NC(C)C2(C)CC2)CC1. The maximum atomic E-state index is 3.86. The van der Waals surface area contributed by atoms with Crippen LogP contribution < -0.4 is 5.32 Å². The van der Waals surface area contributed by atoms with E-state index in [1.165, 1.54) is 38.5 Å². The molecule has 0 amide bonds. The van der Waals surface area contributed by atoms with Crippen molar-refractivity contribution in [3.05, 3.63) is 0 Å². The second-order valence-corrected chi connectivity index (χ2v) is 6.89. The van der Waals surface area contributed by atoms with Crippen LogP contribution in [-0.4, -0.2) is 23.6 Å². The maximum Gasteiger partial charge on any atom is 0.00951 e. The van der Waals surface area contributed by atoms with E-state index >= 15 is 0 Å². The lowest BCUT2D eigenvalue weighted by Gasteiger charge is -2.32. The van der Waals surface area contributed by atoms with E-state index in [1.807, 2.05) is 0 Å². The molecule has 1 nitrogen and oxygen atoms in total. The predicted molar refractivity (Wildman–Crippen MR) is 69.5 cm³/mol. The number of thioether (sulfide) groups is 1. The third kappa shape index (κ3) is 2.91. The van der Waals surface area contributed by atoms with Crippen LogP contribution in [0.3, 0.4) is 0 Å². The van der Waals surface area contributed by atoms with E-state index in [9.17, 15) is 0 Å². The van der Waals surface area contributed by atoms with Gasteiger partial charge in [0.1, 0.15) is 0 Å². The molecule has 0 aliphatic heterocycles. The van der Waals surface area contributed by atoms with E-state index in [1.54, 1.807) is 0 Å². The first-order valence-corrected chi connectivity index (χ1v) is 7.72. The second kappa shape index (κ2) is 4.67. The predicted octanol–water partition coefficient (Wildman–Crippen LogP) is 3.44. The van der Waals surface area contributed by atoms with Crippen molar-refractivity contribution in [3.8, 4) is 0 Å². The van der Waals surface area contributed by atoms with E-state index in [-0.39, 0.29) is 0 Å². The molecule has 2 fully saturated rings. The molecule has 0 aromatic carbocycles. The molecule has 15 heavy (non-hydrogen) atoms.